The van der Waals surface area contributed by atoms with Gasteiger partial charge >= 0.3 is 0 Å². The molecular formula is C13H19NO3S. The van der Waals surface area contributed by atoms with E-state index in [-0.39, 0.29) is 10.6 Å². The van der Waals surface area contributed by atoms with Gasteiger partial charge in [0.15, 0.2) is 9.84 Å². The lowest BCUT2D eigenvalue weighted by atomic mass is 9.91. The largest absolute Gasteiger partial charge is 0.507 e. The Kier molecular flexibility index (Phi) is 3.92. The van der Waals surface area contributed by atoms with E-state index in [1.54, 1.807) is 12.1 Å². The summed E-state index contributed by atoms with van der Waals surface area (Å²) in [6, 6.07) is 4.89. The number of benzene rings is 1. The SMILES string of the molecule is CS(=O)(=O)c1ccc(CC2CCNCC2)cc1O. The quantitative estimate of drug-likeness (QED) is 0.869. The zero-order chi connectivity index (χ0) is 13.2. The molecule has 100 valence electrons. The molecule has 0 atom stereocenters. The van der Waals surface area contributed by atoms with Gasteiger partial charge in [-0.1, -0.05) is 6.07 Å². The summed E-state index contributed by atoms with van der Waals surface area (Å²) in [7, 11) is -3.34. The van der Waals surface area contributed by atoms with E-state index in [0.717, 1.165) is 44.2 Å². The minimum atomic E-state index is -3.34. The molecule has 1 fully saturated rings. The molecule has 0 amide bonds. The van der Waals surface area contributed by atoms with E-state index in [0.29, 0.717) is 5.92 Å². The van der Waals surface area contributed by atoms with Crippen LogP contribution in [0.2, 0.25) is 0 Å². The third kappa shape index (κ3) is 3.23. The third-order valence-electron chi connectivity index (χ3n) is 3.41. The predicted molar refractivity (Wildman–Crippen MR) is 70.5 cm³/mol. The molecule has 0 bridgehead atoms. The van der Waals surface area contributed by atoms with Crippen LogP contribution in [-0.2, 0) is 16.3 Å². The van der Waals surface area contributed by atoms with Crippen LogP contribution in [0.4, 0.5) is 0 Å². The molecule has 1 aliphatic heterocycles. The van der Waals surface area contributed by atoms with Gasteiger partial charge in [0, 0.05) is 6.26 Å². The van der Waals surface area contributed by atoms with Gasteiger partial charge in [-0.25, -0.2) is 8.42 Å². The average molecular weight is 269 g/mol. The first-order chi connectivity index (χ1) is 8.47. The number of phenols is 1. The molecule has 0 radical (unpaired) electrons. The van der Waals surface area contributed by atoms with Crippen LogP contribution in [0.3, 0.4) is 0 Å². The number of hydrogen-bond donors (Lipinski definition) is 2. The zero-order valence-corrected chi connectivity index (χ0v) is 11.3. The molecule has 2 rings (SSSR count). The number of hydrogen-bond acceptors (Lipinski definition) is 4. The summed E-state index contributed by atoms with van der Waals surface area (Å²) in [4.78, 5) is 0.0107. The molecule has 2 N–H and O–H groups in total. The molecule has 4 nitrogen and oxygen atoms in total. The van der Waals surface area contributed by atoms with Gasteiger partial charge in [0.2, 0.25) is 0 Å². The standard InChI is InChI=1S/C13H19NO3S/c1-18(16,17)13-3-2-11(9-12(13)15)8-10-4-6-14-7-5-10/h2-3,9-10,14-15H,4-8H2,1H3. The summed E-state index contributed by atoms with van der Waals surface area (Å²) in [6.07, 6.45) is 4.27. The van der Waals surface area contributed by atoms with E-state index in [2.05, 4.69) is 5.32 Å². The van der Waals surface area contributed by atoms with Gasteiger partial charge in [-0.2, -0.15) is 0 Å². The normalized spacial score (nSPS) is 17.8. The summed E-state index contributed by atoms with van der Waals surface area (Å²) in [5, 5.41) is 13.1. The fourth-order valence-corrected chi connectivity index (χ4v) is 3.18. The number of rotatable bonds is 3. The number of sulfone groups is 1. The molecule has 0 aromatic heterocycles. The Labute approximate surface area is 108 Å². The molecule has 0 saturated carbocycles. The lowest BCUT2D eigenvalue weighted by Crippen LogP contribution is -2.28. The monoisotopic (exact) mass is 269 g/mol. The summed E-state index contributed by atoms with van der Waals surface area (Å²) < 4.78 is 22.8. The van der Waals surface area contributed by atoms with Crippen LogP contribution in [-0.4, -0.2) is 32.9 Å². The van der Waals surface area contributed by atoms with Crippen LogP contribution in [0, 0.1) is 5.92 Å². The van der Waals surface area contributed by atoms with Crippen LogP contribution in [0.25, 0.3) is 0 Å². The van der Waals surface area contributed by atoms with Crippen molar-refractivity contribution in [1.82, 2.24) is 5.32 Å². The molecule has 1 aromatic carbocycles. The first kappa shape index (κ1) is 13.4. The van der Waals surface area contributed by atoms with Crippen LogP contribution in [0.5, 0.6) is 5.75 Å². The van der Waals surface area contributed by atoms with E-state index >= 15 is 0 Å². The number of nitrogens with one attached hydrogen (secondary N) is 1. The molecule has 5 heteroatoms. The van der Waals surface area contributed by atoms with E-state index in [1.807, 2.05) is 0 Å². The molecule has 18 heavy (non-hydrogen) atoms. The Morgan fingerprint density at radius 3 is 2.56 bits per heavy atom. The molecule has 1 aliphatic rings. The lowest BCUT2D eigenvalue weighted by molar-refractivity contribution is 0.372. The van der Waals surface area contributed by atoms with E-state index in [4.69, 9.17) is 0 Å². The second-order valence-corrected chi connectivity index (χ2v) is 6.96. The van der Waals surface area contributed by atoms with Crippen molar-refractivity contribution >= 4 is 9.84 Å². The second kappa shape index (κ2) is 5.28. The Hall–Kier alpha value is -1.07. The maximum atomic E-state index is 11.4. The van der Waals surface area contributed by atoms with E-state index in [1.165, 1.54) is 6.07 Å². The van der Waals surface area contributed by atoms with Gasteiger partial charge in [0.05, 0.1) is 0 Å². The van der Waals surface area contributed by atoms with Crippen molar-refractivity contribution in [3.63, 3.8) is 0 Å². The summed E-state index contributed by atoms with van der Waals surface area (Å²) >= 11 is 0. The van der Waals surface area contributed by atoms with Crippen LogP contribution < -0.4 is 5.32 Å². The fraction of sp³-hybridized carbons (Fsp3) is 0.538. The fourth-order valence-electron chi connectivity index (χ4n) is 2.42. The molecule has 1 saturated heterocycles. The first-order valence-electron chi connectivity index (χ1n) is 6.19. The van der Waals surface area contributed by atoms with Crippen molar-refractivity contribution in [3.8, 4) is 5.75 Å². The molecular weight excluding hydrogens is 250 g/mol. The van der Waals surface area contributed by atoms with Crippen molar-refractivity contribution in [2.24, 2.45) is 5.92 Å². The smallest absolute Gasteiger partial charge is 0.179 e. The molecule has 0 aliphatic carbocycles. The topological polar surface area (TPSA) is 66.4 Å². The van der Waals surface area contributed by atoms with Gasteiger partial charge in [-0.3, -0.25) is 0 Å². The predicted octanol–water partition coefficient (Wildman–Crippen LogP) is 1.34. The van der Waals surface area contributed by atoms with Crippen LogP contribution in [0.1, 0.15) is 18.4 Å². The highest BCUT2D eigenvalue weighted by atomic mass is 32.2. The molecule has 0 unspecified atom stereocenters. The van der Waals surface area contributed by atoms with Gasteiger partial charge < -0.3 is 10.4 Å². The van der Waals surface area contributed by atoms with Crippen LogP contribution in [0.15, 0.2) is 23.1 Å². The Bertz CT molecular complexity index is 519. The highest BCUT2D eigenvalue weighted by molar-refractivity contribution is 7.90. The minimum Gasteiger partial charge on any atom is -0.507 e. The van der Waals surface area contributed by atoms with E-state index < -0.39 is 9.84 Å². The summed E-state index contributed by atoms with van der Waals surface area (Å²) in [6.45, 7) is 2.08. The van der Waals surface area contributed by atoms with E-state index in [9.17, 15) is 13.5 Å². The van der Waals surface area contributed by atoms with Gasteiger partial charge in [-0.05, 0) is 56.0 Å². The molecule has 1 aromatic rings. The number of phenolic OH excluding ortho intramolecular Hbond substituents is 1. The lowest BCUT2D eigenvalue weighted by Gasteiger charge is -2.22. The van der Waals surface area contributed by atoms with Gasteiger partial charge in [0.25, 0.3) is 0 Å². The maximum Gasteiger partial charge on any atom is 0.179 e. The second-order valence-electron chi connectivity index (χ2n) is 4.97. The van der Waals surface area contributed by atoms with Crippen LogP contribution >= 0.6 is 0 Å². The highest BCUT2D eigenvalue weighted by Gasteiger charge is 2.16. The maximum absolute atomic E-state index is 11.4. The number of aromatic hydroxyl groups is 1. The van der Waals surface area contributed by atoms with Crippen molar-refractivity contribution in [2.75, 3.05) is 19.3 Å². The summed E-state index contributed by atoms with van der Waals surface area (Å²) in [5.74, 6) is 0.485. The molecule has 0 spiro atoms. The number of piperidine rings is 1. The third-order valence-corrected chi connectivity index (χ3v) is 4.55. The molecule has 1 heterocycles. The Balaban J connectivity index is 2.13. The van der Waals surface area contributed by atoms with Crippen molar-refractivity contribution in [3.05, 3.63) is 23.8 Å². The zero-order valence-electron chi connectivity index (χ0n) is 10.5. The average Bonchev–Trinajstić information content (AvgIpc) is 2.28. The Morgan fingerprint density at radius 1 is 1.33 bits per heavy atom. The summed E-state index contributed by atoms with van der Waals surface area (Å²) in [5.41, 5.74) is 1.01. The Morgan fingerprint density at radius 2 is 2.00 bits per heavy atom. The first-order valence-corrected chi connectivity index (χ1v) is 8.08. The van der Waals surface area contributed by atoms with Crippen molar-refractivity contribution in [2.45, 2.75) is 24.2 Å². The highest BCUT2D eigenvalue weighted by Crippen LogP contribution is 2.26. The van der Waals surface area contributed by atoms with Gasteiger partial charge in [0.1, 0.15) is 10.6 Å². The van der Waals surface area contributed by atoms with Gasteiger partial charge in [-0.15, -0.1) is 0 Å². The minimum absolute atomic E-state index is 0.0107. The van der Waals surface area contributed by atoms with Crippen molar-refractivity contribution < 1.29 is 13.5 Å². The van der Waals surface area contributed by atoms with Crippen molar-refractivity contribution in [1.29, 1.82) is 0 Å².